The Labute approximate surface area is 134 Å². The lowest BCUT2D eigenvalue weighted by atomic mass is 9.99. The molecule has 0 aliphatic heterocycles. The highest BCUT2D eigenvalue weighted by Gasteiger charge is 2.14. The topological polar surface area (TPSA) is 63.0 Å². The molecule has 5 nitrogen and oxygen atoms in total. The van der Waals surface area contributed by atoms with E-state index in [0.29, 0.717) is 11.7 Å². The summed E-state index contributed by atoms with van der Waals surface area (Å²) in [5.74, 6) is 0.861. The van der Waals surface area contributed by atoms with Crippen LogP contribution < -0.4 is 5.32 Å². The molecule has 1 atom stereocenters. The van der Waals surface area contributed by atoms with Crippen LogP contribution in [0.5, 0.6) is 0 Å². The van der Waals surface area contributed by atoms with Gasteiger partial charge in [0, 0.05) is 0 Å². The summed E-state index contributed by atoms with van der Waals surface area (Å²) in [7, 11) is 0. The molecule has 0 aliphatic rings. The van der Waals surface area contributed by atoms with E-state index in [1.54, 1.807) is 0 Å². The molecule has 7 heteroatoms. The number of nitrogens with zero attached hydrogens (tertiary/aromatic N) is 3. The van der Waals surface area contributed by atoms with Gasteiger partial charge in [0.15, 0.2) is 0 Å². The van der Waals surface area contributed by atoms with Gasteiger partial charge >= 0.3 is 0 Å². The minimum absolute atomic E-state index is 0.0932. The molecule has 0 bridgehead atoms. The molecule has 1 heterocycles. The first-order valence-corrected chi connectivity index (χ1v) is 7.60. The van der Waals surface area contributed by atoms with Crippen LogP contribution in [0.4, 0.5) is 8.78 Å². The van der Waals surface area contributed by atoms with Crippen LogP contribution in [0.25, 0.3) is 0 Å². The maximum Gasteiger partial charge on any atom is 0.257 e. The average molecular weight is 324 g/mol. The molecular formula is C16H22F2N4O. The highest BCUT2D eigenvalue weighted by Crippen LogP contribution is 2.19. The number of alkyl halides is 2. The van der Waals surface area contributed by atoms with Gasteiger partial charge in [0.05, 0.1) is 19.2 Å². The fourth-order valence-corrected chi connectivity index (χ4v) is 2.32. The van der Waals surface area contributed by atoms with E-state index >= 15 is 0 Å². The minimum Gasteiger partial charge on any atom is -0.394 e. The third-order valence-corrected chi connectivity index (χ3v) is 3.70. The van der Waals surface area contributed by atoms with Gasteiger partial charge in [-0.1, -0.05) is 38.1 Å². The first kappa shape index (κ1) is 17.5. The molecule has 1 unspecified atom stereocenters. The maximum absolute atomic E-state index is 12.5. The summed E-state index contributed by atoms with van der Waals surface area (Å²) in [4.78, 5) is 3.98. The van der Waals surface area contributed by atoms with Crippen molar-refractivity contribution in [1.29, 1.82) is 0 Å². The predicted molar refractivity (Wildman–Crippen MR) is 83.2 cm³/mol. The van der Waals surface area contributed by atoms with Gasteiger partial charge in [-0.2, -0.15) is 5.10 Å². The molecular weight excluding hydrogens is 302 g/mol. The van der Waals surface area contributed by atoms with Gasteiger partial charge in [0.2, 0.25) is 0 Å². The van der Waals surface area contributed by atoms with Crippen LogP contribution in [-0.4, -0.2) is 32.9 Å². The molecule has 2 N–H and O–H groups in total. The number of aliphatic hydroxyl groups is 1. The molecule has 0 saturated carbocycles. The van der Waals surface area contributed by atoms with Crippen molar-refractivity contribution >= 4 is 0 Å². The first-order valence-electron chi connectivity index (χ1n) is 7.60. The number of hydrogen-bond acceptors (Lipinski definition) is 4. The fraction of sp³-hybridized carbons (Fsp3) is 0.500. The molecule has 0 amide bonds. The summed E-state index contributed by atoms with van der Waals surface area (Å²) >= 11 is 0. The number of benzene rings is 1. The summed E-state index contributed by atoms with van der Waals surface area (Å²) < 4.78 is 26.1. The number of hydrogen-bond donors (Lipinski definition) is 2. The van der Waals surface area contributed by atoms with Crippen molar-refractivity contribution in [2.24, 2.45) is 0 Å². The molecule has 0 fully saturated rings. The number of nitrogens with one attached hydrogen (secondary N) is 1. The second-order valence-electron chi connectivity index (χ2n) is 5.69. The molecule has 0 radical (unpaired) electrons. The fourth-order valence-electron chi connectivity index (χ4n) is 2.32. The van der Waals surface area contributed by atoms with E-state index in [9.17, 15) is 13.9 Å². The molecule has 0 aliphatic carbocycles. The Morgan fingerprint density at radius 1 is 1.17 bits per heavy atom. The second-order valence-corrected chi connectivity index (χ2v) is 5.69. The lowest BCUT2D eigenvalue weighted by molar-refractivity contribution is 0.120. The monoisotopic (exact) mass is 324 g/mol. The second kappa shape index (κ2) is 8.12. The van der Waals surface area contributed by atoms with E-state index < -0.39 is 13.0 Å². The van der Waals surface area contributed by atoms with Gasteiger partial charge in [-0.05, 0) is 17.0 Å². The smallest absolute Gasteiger partial charge is 0.257 e. The molecule has 0 spiro atoms. The zero-order chi connectivity index (χ0) is 16.8. The number of halogens is 2. The maximum atomic E-state index is 12.5. The minimum atomic E-state index is -2.48. The average Bonchev–Trinajstić information content (AvgIpc) is 2.95. The highest BCUT2D eigenvalue weighted by molar-refractivity contribution is 5.27. The van der Waals surface area contributed by atoms with E-state index in [1.807, 2.05) is 24.3 Å². The van der Waals surface area contributed by atoms with Gasteiger partial charge in [0.1, 0.15) is 18.7 Å². The van der Waals surface area contributed by atoms with Crippen LogP contribution in [0, 0.1) is 0 Å². The molecule has 1 aromatic carbocycles. The van der Waals surface area contributed by atoms with Crippen LogP contribution >= 0.6 is 0 Å². The summed E-state index contributed by atoms with van der Waals surface area (Å²) in [5, 5.41) is 16.5. The van der Waals surface area contributed by atoms with Crippen LogP contribution in [-0.2, 0) is 13.1 Å². The Bertz CT molecular complexity index is 598. The summed E-state index contributed by atoms with van der Waals surface area (Å²) in [6.07, 6.45) is -1.22. The largest absolute Gasteiger partial charge is 0.394 e. The Morgan fingerprint density at radius 2 is 1.83 bits per heavy atom. The summed E-state index contributed by atoms with van der Waals surface area (Å²) in [6.45, 7) is 3.91. The quantitative estimate of drug-likeness (QED) is 0.783. The van der Waals surface area contributed by atoms with Crippen molar-refractivity contribution in [3.63, 3.8) is 0 Å². The Hall–Kier alpha value is -1.86. The molecule has 23 heavy (non-hydrogen) atoms. The third-order valence-electron chi connectivity index (χ3n) is 3.70. The van der Waals surface area contributed by atoms with Crippen molar-refractivity contribution in [3.05, 3.63) is 47.5 Å². The molecule has 0 saturated heterocycles. The van der Waals surface area contributed by atoms with Crippen molar-refractivity contribution in [2.75, 3.05) is 6.61 Å². The highest BCUT2D eigenvalue weighted by atomic mass is 19.3. The van der Waals surface area contributed by atoms with Crippen LogP contribution in [0.1, 0.15) is 42.8 Å². The van der Waals surface area contributed by atoms with Gasteiger partial charge in [-0.3, -0.25) is 0 Å². The SMILES string of the molecule is CC(C)c1ccc(C(CO)NCc2ncnn2CC(F)F)cc1. The van der Waals surface area contributed by atoms with Crippen molar-refractivity contribution < 1.29 is 13.9 Å². The van der Waals surface area contributed by atoms with E-state index in [2.05, 4.69) is 29.2 Å². The predicted octanol–water partition coefficient (Wildman–Crippen LogP) is 2.49. The first-order chi connectivity index (χ1) is 11.0. The lowest BCUT2D eigenvalue weighted by Crippen LogP contribution is -2.26. The summed E-state index contributed by atoms with van der Waals surface area (Å²) in [5.41, 5.74) is 2.17. The summed E-state index contributed by atoms with van der Waals surface area (Å²) in [6, 6.07) is 7.71. The Morgan fingerprint density at radius 3 is 2.39 bits per heavy atom. The normalized spacial score (nSPS) is 13.0. The van der Waals surface area contributed by atoms with Gasteiger partial charge in [-0.25, -0.2) is 18.4 Å². The van der Waals surface area contributed by atoms with Gasteiger partial charge < -0.3 is 10.4 Å². The van der Waals surface area contributed by atoms with Crippen LogP contribution in [0.15, 0.2) is 30.6 Å². The Balaban J connectivity index is 2.01. The van der Waals surface area contributed by atoms with E-state index in [0.717, 1.165) is 5.56 Å². The zero-order valence-electron chi connectivity index (χ0n) is 13.3. The lowest BCUT2D eigenvalue weighted by Gasteiger charge is -2.17. The van der Waals surface area contributed by atoms with E-state index in [1.165, 1.54) is 16.6 Å². The van der Waals surface area contributed by atoms with Crippen molar-refractivity contribution in [2.45, 2.75) is 45.3 Å². The van der Waals surface area contributed by atoms with Crippen LogP contribution in [0.2, 0.25) is 0 Å². The van der Waals surface area contributed by atoms with Gasteiger partial charge in [-0.15, -0.1) is 0 Å². The number of aromatic nitrogens is 3. The number of rotatable bonds is 8. The standard InChI is InChI=1S/C16H22F2N4O/c1-11(2)12-3-5-13(6-4-12)14(9-23)19-7-16-20-10-21-22(16)8-15(17)18/h3-6,10-11,14-15,19,23H,7-9H2,1-2H3. The molecule has 2 aromatic rings. The molecule has 1 aromatic heterocycles. The van der Waals surface area contributed by atoms with Crippen LogP contribution in [0.3, 0.4) is 0 Å². The van der Waals surface area contributed by atoms with Crippen molar-refractivity contribution in [1.82, 2.24) is 20.1 Å². The van der Waals surface area contributed by atoms with Crippen molar-refractivity contribution in [3.8, 4) is 0 Å². The Kier molecular flexibility index (Phi) is 6.18. The molecule has 126 valence electrons. The van der Waals surface area contributed by atoms with Gasteiger partial charge in [0.25, 0.3) is 6.43 Å². The van der Waals surface area contributed by atoms with E-state index in [4.69, 9.17) is 0 Å². The third kappa shape index (κ3) is 4.80. The molecule has 2 rings (SSSR count). The van der Waals surface area contributed by atoms with E-state index in [-0.39, 0.29) is 19.2 Å². The number of aliphatic hydroxyl groups excluding tert-OH is 1. The zero-order valence-corrected chi connectivity index (χ0v) is 13.3.